The van der Waals surface area contributed by atoms with Gasteiger partial charge in [-0.25, -0.2) is 0 Å². The Morgan fingerprint density at radius 3 is 2.53 bits per heavy atom. The molecule has 6 heteroatoms. The predicted octanol–water partition coefficient (Wildman–Crippen LogP) is 2.32. The average molecular weight is 256 g/mol. The van der Waals surface area contributed by atoms with Gasteiger partial charge in [0, 0.05) is 11.6 Å². The fraction of sp³-hybridized carbons (Fsp3) is 0.231. The van der Waals surface area contributed by atoms with Crippen molar-refractivity contribution in [2.45, 2.75) is 19.8 Å². The van der Waals surface area contributed by atoms with E-state index in [1.54, 1.807) is 24.3 Å². The van der Waals surface area contributed by atoms with Crippen LogP contribution in [0.1, 0.15) is 41.9 Å². The first-order chi connectivity index (χ1) is 9.10. The van der Waals surface area contributed by atoms with E-state index >= 15 is 0 Å². The zero-order chi connectivity index (χ0) is 13.8. The van der Waals surface area contributed by atoms with Crippen LogP contribution >= 0.6 is 0 Å². The van der Waals surface area contributed by atoms with Crippen molar-refractivity contribution in [1.82, 2.24) is 10.2 Å². The van der Waals surface area contributed by atoms with Crippen LogP contribution in [0.25, 0.3) is 0 Å². The number of rotatable bonds is 3. The molecule has 0 atom stereocenters. The maximum Gasteiger partial charge on any atom is 0.313 e. The molecule has 0 fully saturated rings. The quantitative estimate of drug-likeness (QED) is 0.909. The molecule has 2 rings (SSSR count). The van der Waals surface area contributed by atoms with Gasteiger partial charge in [-0.15, -0.1) is 10.2 Å². The number of aromatic nitrogens is 2. The van der Waals surface area contributed by atoms with Crippen LogP contribution in [0.15, 0.2) is 28.7 Å². The summed E-state index contributed by atoms with van der Waals surface area (Å²) in [6, 6.07) is 8.50. The van der Waals surface area contributed by atoms with Crippen LogP contribution < -0.4 is 5.32 Å². The molecule has 6 nitrogen and oxygen atoms in total. The van der Waals surface area contributed by atoms with Crippen molar-refractivity contribution in [3.05, 3.63) is 41.6 Å². The van der Waals surface area contributed by atoms with Crippen LogP contribution in [0.3, 0.4) is 0 Å². The fourth-order valence-electron chi connectivity index (χ4n) is 1.37. The van der Waals surface area contributed by atoms with Crippen molar-refractivity contribution in [1.29, 1.82) is 5.26 Å². The zero-order valence-corrected chi connectivity index (χ0v) is 10.5. The van der Waals surface area contributed by atoms with Gasteiger partial charge in [0.05, 0.1) is 11.6 Å². The van der Waals surface area contributed by atoms with Gasteiger partial charge in [0.2, 0.25) is 5.89 Å². The number of benzene rings is 1. The van der Waals surface area contributed by atoms with Crippen LogP contribution in [0.5, 0.6) is 0 Å². The van der Waals surface area contributed by atoms with Gasteiger partial charge < -0.3 is 9.73 Å². The summed E-state index contributed by atoms with van der Waals surface area (Å²) in [4.78, 5) is 11.8. The minimum atomic E-state index is -0.468. The third-order valence-electron chi connectivity index (χ3n) is 2.40. The van der Waals surface area contributed by atoms with Gasteiger partial charge in [-0.1, -0.05) is 13.8 Å². The van der Waals surface area contributed by atoms with E-state index in [2.05, 4.69) is 15.5 Å². The number of hydrogen-bond donors (Lipinski definition) is 1. The summed E-state index contributed by atoms with van der Waals surface area (Å²) in [7, 11) is 0. The largest absolute Gasteiger partial charge is 0.417 e. The number of carbonyl (C=O) groups is 1. The Labute approximate surface area is 110 Å². The van der Waals surface area contributed by atoms with E-state index in [-0.39, 0.29) is 11.8 Å². The highest BCUT2D eigenvalue weighted by Gasteiger charge is 2.16. The summed E-state index contributed by atoms with van der Waals surface area (Å²) in [5.74, 6) is -0.0499. The Morgan fingerprint density at radius 1 is 1.32 bits per heavy atom. The second kappa shape index (κ2) is 5.31. The molecule has 0 aliphatic rings. The second-order valence-electron chi connectivity index (χ2n) is 4.24. The highest BCUT2D eigenvalue weighted by Crippen LogP contribution is 2.14. The lowest BCUT2D eigenvalue weighted by Crippen LogP contribution is -2.12. The summed E-state index contributed by atoms with van der Waals surface area (Å²) in [5.41, 5.74) is 1.09. The molecule has 0 saturated heterocycles. The van der Waals surface area contributed by atoms with Gasteiger partial charge in [0.25, 0.3) is 0 Å². The zero-order valence-electron chi connectivity index (χ0n) is 10.5. The Balaban J connectivity index is 2.09. The topological polar surface area (TPSA) is 91.8 Å². The molecule has 0 bridgehead atoms. The average Bonchev–Trinajstić information content (AvgIpc) is 2.89. The minimum Gasteiger partial charge on any atom is -0.417 e. The highest BCUT2D eigenvalue weighted by molar-refractivity contribution is 6.00. The van der Waals surface area contributed by atoms with E-state index in [4.69, 9.17) is 9.68 Å². The Bertz CT molecular complexity index is 623. The molecule has 0 saturated carbocycles. The standard InChI is InChI=1S/C13H12N4O2/c1-8(2)12-16-17-13(19-12)11(18)15-10-5-3-9(7-14)4-6-10/h3-6,8H,1-2H3,(H,15,18). The van der Waals surface area contributed by atoms with Gasteiger partial charge in [0.1, 0.15) is 0 Å². The van der Waals surface area contributed by atoms with Crippen molar-refractivity contribution in [3.8, 4) is 6.07 Å². The van der Waals surface area contributed by atoms with Gasteiger partial charge in [-0.05, 0) is 24.3 Å². The van der Waals surface area contributed by atoms with E-state index in [0.29, 0.717) is 17.1 Å². The van der Waals surface area contributed by atoms with Crippen molar-refractivity contribution >= 4 is 11.6 Å². The number of nitriles is 1. The Kier molecular flexibility index (Phi) is 3.57. The van der Waals surface area contributed by atoms with Gasteiger partial charge >= 0.3 is 11.8 Å². The number of nitrogens with one attached hydrogen (secondary N) is 1. The molecule has 1 aromatic carbocycles. The second-order valence-corrected chi connectivity index (χ2v) is 4.24. The third kappa shape index (κ3) is 2.96. The molecule has 0 unspecified atom stereocenters. The van der Waals surface area contributed by atoms with Crippen LogP contribution in [0.4, 0.5) is 5.69 Å². The normalized spacial score (nSPS) is 10.2. The molecule has 19 heavy (non-hydrogen) atoms. The first-order valence-electron chi connectivity index (χ1n) is 5.75. The van der Waals surface area contributed by atoms with Crippen molar-refractivity contribution in [3.63, 3.8) is 0 Å². The van der Waals surface area contributed by atoms with Crippen LogP contribution in [-0.2, 0) is 0 Å². The van der Waals surface area contributed by atoms with Crippen molar-refractivity contribution < 1.29 is 9.21 Å². The minimum absolute atomic E-state index is 0.0731. The molecular weight excluding hydrogens is 244 g/mol. The number of hydrogen-bond acceptors (Lipinski definition) is 5. The first kappa shape index (κ1) is 12.8. The predicted molar refractivity (Wildman–Crippen MR) is 67.5 cm³/mol. The van der Waals surface area contributed by atoms with Crippen molar-refractivity contribution in [2.75, 3.05) is 5.32 Å². The van der Waals surface area contributed by atoms with Crippen LogP contribution in [-0.4, -0.2) is 16.1 Å². The molecule has 0 radical (unpaired) electrons. The third-order valence-corrected chi connectivity index (χ3v) is 2.40. The van der Waals surface area contributed by atoms with Gasteiger partial charge in [0.15, 0.2) is 0 Å². The molecule has 1 N–H and O–H groups in total. The van der Waals surface area contributed by atoms with E-state index in [0.717, 1.165) is 0 Å². The van der Waals surface area contributed by atoms with E-state index in [1.807, 2.05) is 19.9 Å². The fourth-order valence-corrected chi connectivity index (χ4v) is 1.37. The monoisotopic (exact) mass is 256 g/mol. The number of anilines is 1. The highest BCUT2D eigenvalue weighted by atomic mass is 16.4. The molecule has 0 aliphatic heterocycles. The van der Waals surface area contributed by atoms with Gasteiger partial charge in [-0.2, -0.15) is 5.26 Å². The number of carbonyl (C=O) groups excluding carboxylic acids is 1. The lowest BCUT2D eigenvalue weighted by atomic mass is 10.2. The summed E-state index contributed by atoms with van der Waals surface area (Å²) in [6.07, 6.45) is 0. The number of nitrogens with zero attached hydrogens (tertiary/aromatic N) is 3. The molecule has 1 heterocycles. The maximum atomic E-state index is 11.8. The smallest absolute Gasteiger partial charge is 0.313 e. The summed E-state index contributed by atoms with van der Waals surface area (Å²) in [5, 5.41) is 18.8. The number of amides is 1. The van der Waals surface area contributed by atoms with E-state index in [1.165, 1.54) is 0 Å². The summed E-state index contributed by atoms with van der Waals surface area (Å²) >= 11 is 0. The molecule has 1 amide bonds. The lowest BCUT2D eigenvalue weighted by Gasteiger charge is -2.01. The van der Waals surface area contributed by atoms with Crippen LogP contribution in [0, 0.1) is 11.3 Å². The summed E-state index contributed by atoms with van der Waals surface area (Å²) in [6.45, 7) is 3.80. The Hall–Kier alpha value is -2.68. The lowest BCUT2D eigenvalue weighted by molar-refractivity contribution is 0.0988. The maximum absolute atomic E-state index is 11.8. The Morgan fingerprint density at radius 2 is 2.00 bits per heavy atom. The molecule has 0 aliphatic carbocycles. The molecular formula is C13H12N4O2. The van der Waals surface area contributed by atoms with Crippen molar-refractivity contribution in [2.24, 2.45) is 0 Å². The molecule has 2 aromatic rings. The van der Waals surface area contributed by atoms with E-state index < -0.39 is 5.91 Å². The summed E-state index contributed by atoms with van der Waals surface area (Å²) < 4.78 is 5.24. The molecule has 1 aromatic heterocycles. The molecule has 0 spiro atoms. The van der Waals surface area contributed by atoms with E-state index in [9.17, 15) is 4.79 Å². The SMILES string of the molecule is CC(C)c1nnc(C(=O)Nc2ccc(C#N)cc2)o1. The molecule has 96 valence electrons. The van der Waals surface area contributed by atoms with Gasteiger partial charge in [-0.3, -0.25) is 4.79 Å². The van der Waals surface area contributed by atoms with Crippen LogP contribution in [0.2, 0.25) is 0 Å². The first-order valence-corrected chi connectivity index (χ1v) is 5.75.